The lowest BCUT2D eigenvalue weighted by molar-refractivity contribution is 0.185. The molecule has 2 rings (SSSR count). The Hall–Kier alpha value is -1.16. The van der Waals surface area contributed by atoms with Gasteiger partial charge in [0.05, 0.1) is 12.1 Å². The number of nitrogens with zero attached hydrogens (tertiary/aromatic N) is 2. The van der Waals surface area contributed by atoms with E-state index < -0.39 is 0 Å². The Morgan fingerprint density at radius 3 is 2.53 bits per heavy atom. The lowest BCUT2D eigenvalue weighted by atomic mass is 10.0. The smallest absolute Gasteiger partial charge is 0.223 e. The summed E-state index contributed by atoms with van der Waals surface area (Å²) in [6.45, 7) is 7.64. The van der Waals surface area contributed by atoms with Gasteiger partial charge in [0.2, 0.25) is 5.95 Å². The maximum absolute atomic E-state index is 5.37. The van der Waals surface area contributed by atoms with E-state index in [2.05, 4.69) is 22.2 Å². The molecule has 0 bridgehead atoms. The number of rotatable bonds is 2. The summed E-state index contributed by atoms with van der Waals surface area (Å²) in [4.78, 5) is 8.73. The highest BCUT2D eigenvalue weighted by molar-refractivity contribution is 5.31. The SMILES string of the molecule is Cc1cc(C)nc(NC2(C)CCOC2)n1. The summed E-state index contributed by atoms with van der Waals surface area (Å²) in [6.07, 6.45) is 1.00. The van der Waals surface area contributed by atoms with E-state index in [4.69, 9.17) is 4.74 Å². The Bertz CT molecular complexity index is 339. The number of aromatic nitrogens is 2. The maximum atomic E-state index is 5.37. The molecule has 2 heterocycles. The van der Waals surface area contributed by atoms with Gasteiger partial charge in [0, 0.05) is 18.0 Å². The summed E-state index contributed by atoms with van der Waals surface area (Å²) in [5, 5.41) is 3.35. The molecule has 1 aromatic rings. The molecule has 0 aromatic carbocycles. The molecule has 0 saturated carbocycles. The average molecular weight is 207 g/mol. The Morgan fingerprint density at radius 1 is 1.33 bits per heavy atom. The zero-order chi connectivity index (χ0) is 10.9. The van der Waals surface area contributed by atoms with Crippen LogP contribution in [-0.2, 0) is 4.74 Å². The van der Waals surface area contributed by atoms with Crippen molar-refractivity contribution in [2.24, 2.45) is 0 Å². The molecule has 0 spiro atoms. The summed E-state index contributed by atoms with van der Waals surface area (Å²) in [5.74, 6) is 0.709. The first kappa shape index (κ1) is 10.4. The average Bonchev–Trinajstić information content (AvgIpc) is 2.49. The lowest BCUT2D eigenvalue weighted by Gasteiger charge is -2.23. The molecule has 0 amide bonds. The van der Waals surface area contributed by atoms with Crippen LogP contribution in [0, 0.1) is 13.8 Å². The molecular formula is C11H17N3O. The van der Waals surface area contributed by atoms with Gasteiger partial charge in [-0.25, -0.2) is 9.97 Å². The Labute approximate surface area is 90.1 Å². The van der Waals surface area contributed by atoms with Crippen LogP contribution in [0.4, 0.5) is 5.95 Å². The number of hydrogen-bond acceptors (Lipinski definition) is 4. The number of anilines is 1. The molecule has 0 aliphatic carbocycles. The van der Waals surface area contributed by atoms with Gasteiger partial charge in [0.15, 0.2) is 0 Å². The molecule has 4 heteroatoms. The predicted molar refractivity (Wildman–Crippen MR) is 59.0 cm³/mol. The van der Waals surface area contributed by atoms with Gasteiger partial charge in [-0.3, -0.25) is 0 Å². The van der Waals surface area contributed by atoms with Crippen LogP contribution in [0.3, 0.4) is 0 Å². The molecule has 1 aliphatic rings. The van der Waals surface area contributed by atoms with Crippen LogP contribution in [0.15, 0.2) is 6.07 Å². The monoisotopic (exact) mass is 207 g/mol. The minimum atomic E-state index is -0.0137. The molecule has 1 aromatic heterocycles. The fourth-order valence-corrected chi connectivity index (χ4v) is 1.82. The van der Waals surface area contributed by atoms with E-state index in [1.54, 1.807) is 0 Å². The maximum Gasteiger partial charge on any atom is 0.223 e. The van der Waals surface area contributed by atoms with E-state index in [9.17, 15) is 0 Å². The quantitative estimate of drug-likeness (QED) is 0.801. The normalized spacial score (nSPS) is 25.5. The van der Waals surface area contributed by atoms with Gasteiger partial charge in [-0.15, -0.1) is 0 Å². The fraction of sp³-hybridized carbons (Fsp3) is 0.636. The van der Waals surface area contributed by atoms with Gasteiger partial charge in [-0.1, -0.05) is 0 Å². The first-order valence-electron chi connectivity index (χ1n) is 5.26. The summed E-state index contributed by atoms with van der Waals surface area (Å²) in [5.41, 5.74) is 1.97. The number of hydrogen-bond donors (Lipinski definition) is 1. The Morgan fingerprint density at radius 2 is 2.00 bits per heavy atom. The van der Waals surface area contributed by atoms with Crippen molar-refractivity contribution in [1.29, 1.82) is 0 Å². The van der Waals surface area contributed by atoms with Crippen LogP contribution < -0.4 is 5.32 Å². The van der Waals surface area contributed by atoms with Gasteiger partial charge in [0.25, 0.3) is 0 Å². The molecule has 1 saturated heterocycles. The van der Waals surface area contributed by atoms with Crippen molar-refractivity contribution in [1.82, 2.24) is 9.97 Å². The topological polar surface area (TPSA) is 47.0 Å². The van der Waals surface area contributed by atoms with Crippen LogP contribution in [0.1, 0.15) is 24.7 Å². The first-order chi connectivity index (χ1) is 7.07. The summed E-state index contributed by atoms with van der Waals surface area (Å²) >= 11 is 0. The van der Waals surface area contributed by atoms with Crippen LogP contribution in [-0.4, -0.2) is 28.7 Å². The van der Waals surface area contributed by atoms with Crippen LogP contribution in [0.2, 0.25) is 0 Å². The second kappa shape index (κ2) is 3.77. The van der Waals surface area contributed by atoms with Crippen molar-refractivity contribution < 1.29 is 4.74 Å². The molecule has 0 radical (unpaired) electrons. The lowest BCUT2D eigenvalue weighted by Crippen LogP contribution is -2.35. The molecule has 1 aliphatic heterocycles. The van der Waals surface area contributed by atoms with Crippen molar-refractivity contribution in [2.45, 2.75) is 32.7 Å². The molecule has 4 nitrogen and oxygen atoms in total. The molecular weight excluding hydrogens is 190 g/mol. The van der Waals surface area contributed by atoms with Gasteiger partial charge < -0.3 is 10.1 Å². The summed E-state index contributed by atoms with van der Waals surface area (Å²) < 4.78 is 5.37. The Kier molecular flexibility index (Phi) is 2.61. The van der Waals surface area contributed by atoms with Crippen molar-refractivity contribution in [3.05, 3.63) is 17.5 Å². The summed E-state index contributed by atoms with van der Waals surface area (Å²) in [6, 6.07) is 1.97. The molecule has 82 valence electrons. The third-order valence-electron chi connectivity index (χ3n) is 2.61. The molecule has 1 N–H and O–H groups in total. The minimum absolute atomic E-state index is 0.0137. The third kappa shape index (κ3) is 2.45. The van der Waals surface area contributed by atoms with Crippen LogP contribution in [0.5, 0.6) is 0 Å². The van der Waals surface area contributed by atoms with Gasteiger partial charge in [-0.2, -0.15) is 0 Å². The summed E-state index contributed by atoms with van der Waals surface area (Å²) in [7, 11) is 0. The highest BCUT2D eigenvalue weighted by Crippen LogP contribution is 2.21. The highest BCUT2D eigenvalue weighted by atomic mass is 16.5. The number of nitrogens with one attached hydrogen (secondary N) is 1. The molecule has 1 unspecified atom stereocenters. The molecule has 1 fully saturated rings. The fourth-order valence-electron chi connectivity index (χ4n) is 1.82. The minimum Gasteiger partial charge on any atom is -0.379 e. The van der Waals surface area contributed by atoms with Crippen LogP contribution in [0.25, 0.3) is 0 Å². The standard InChI is InChI=1S/C11H17N3O/c1-8-6-9(2)13-10(12-8)14-11(3)4-5-15-7-11/h6H,4-5,7H2,1-3H3,(H,12,13,14). The number of aryl methyl sites for hydroxylation is 2. The molecule has 15 heavy (non-hydrogen) atoms. The second-order valence-corrected chi connectivity index (χ2v) is 4.46. The number of ether oxygens (including phenoxy) is 1. The van der Waals surface area contributed by atoms with Gasteiger partial charge in [0.1, 0.15) is 0 Å². The van der Waals surface area contributed by atoms with E-state index in [-0.39, 0.29) is 5.54 Å². The van der Waals surface area contributed by atoms with Gasteiger partial charge in [-0.05, 0) is 33.3 Å². The predicted octanol–water partition coefficient (Wildman–Crippen LogP) is 1.68. The van der Waals surface area contributed by atoms with Crippen molar-refractivity contribution in [3.63, 3.8) is 0 Å². The van der Waals surface area contributed by atoms with Crippen molar-refractivity contribution >= 4 is 5.95 Å². The van der Waals surface area contributed by atoms with E-state index in [1.807, 2.05) is 19.9 Å². The van der Waals surface area contributed by atoms with Gasteiger partial charge >= 0.3 is 0 Å². The van der Waals surface area contributed by atoms with E-state index in [0.29, 0.717) is 5.95 Å². The zero-order valence-electron chi connectivity index (χ0n) is 9.50. The zero-order valence-corrected chi connectivity index (χ0v) is 9.50. The van der Waals surface area contributed by atoms with Crippen molar-refractivity contribution in [2.75, 3.05) is 18.5 Å². The van der Waals surface area contributed by atoms with E-state index in [1.165, 1.54) is 0 Å². The van der Waals surface area contributed by atoms with Crippen molar-refractivity contribution in [3.8, 4) is 0 Å². The third-order valence-corrected chi connectivity index (χ3v) is 2.61. The van der Waals surface area contributed by atoms with Crippen LogP contribution >= 0.6 is 0 Å². The van der Waals surface area contributed by atoms with E-state index >= 15 is 0 Å². The highest BCUT2D eigenvalue weighted by Gasteiger charge is 2.30. The Balaban J connectivity index is 2.16. The largest absolute Gasteiger partial charge is 0.379 e. The molecule has 1 atom stereocenters. The first-order valence-corrected chi connectivity index (χ1v) is 5.26. The van der Waals surface area contributed by atoms with E-state index in [0.717, 1.165) is 31.0 Å². The second-order valence-electron chi connectivity index (χ2n) is 4.46.